The highest BCUT2D eigenvalue weighted by atomic mass is 32.1. The summed E-state index contributed by atoms with van der Waals surface area (Å²) in [5.74, 6) is 0.822. The van der Waals surface area contributed by atoms with Crippen LogP contribution in [0.5, 0.6) is 0 Å². The van der Waals surface area contributed by atoms with Crippen LogP contribution < -0.4 is 5.32 Å². The lowest BCUT2D eigenvalue weighted by atomic mass is 9.58. The van der Waals surface area contributed by atoms with E-state index in [9.17, 15) is 13.2 Å². The second-order valence-corrected chi connectivity index (χ2v) is 5.85. The highest BCUT2D eigenvalue weighted by Gasteiger charge is 2.48. The average molecular weight is 263 g/mol. The SMILES string of the molecule is FC(F)(F)c1nc(CC2CC3(CNC3)C2)ns1. The molecule has 3 nitrogen and oxygen atoms in total. The van der Waals surface area contributed by atoms with Crippen molar-refractivity contribution in [2.45, 2.75) is 25.4 Å². The molecule has 0 amide bonds. The Labute approximate surface area is 101 Å². The lowest BCUT2D eigenvalue weighted by Crippen LogP contribution is -2.60. The average Bonchev–Trinajstić information content (AvgIpc) is 2.54. The van der Waals surface area contributed by atoms with E-state index >= 15 is 0 Å². The fourth-order valence-electron chi connectivity index (χ4n) is 2.79. The van der Waals surface area contributed by atoms with Crippen molar-refractivity contribution in [1.29, 1.82) is 0 Å². The lowest BCUT2D eigenvalue weighted by molar-refractivity contribution is -0.137. The van der Waals surface area contributed by atoms with E-state index in [0.29, 0.717) is 35.1 Å². The van der Waals surface area contributed by atoms with E-state index < -0.39 is 11.2 Å². The Morgan fingerprint density at radius 1 is 1.35 bits per heavy atom. The minimum Gasteiger partial charge on any atom is -0.316 e. The molecule has 1 aliphatic carbocycles. The van der Waals surface area contributed by atoms with Crippen molar-refractivity contribution in [2.24, 2.45) is 11.3 Å². The van der Waals surface area contributed by atoms with Gasteiger partial charge >= 0.3 is 6.18 Å². The van der Waals surface area contributed by atoms with E-state index in [1.807, 2.05) is 0 Å². The molecule has 1 saturated heterocycles. The van der Waals surface area contributed by atoms with E-state index in [1.54, 1.807) is 0 Å². The summed E-state index contributed by atoms with van der Waals surface area (Å²) in [4.78, 5) is 3.56. The van der Waals surface area contributed by atoms with Gasteiger partial charge in [0, 0.05) is 19.5 Å². The van der Waals surface area contributed by atoms with E-state index in [2.05, 4.69) is 14.7 Å². The Morgan fingerprint density at radius 2 is 2.06 bits per heavy atom. The first-order valence-electron chi connectivity index (χ1n) is 5.57. The Bertz CT molecular complexity index is 417. The third-order valence-corrected chi connectivity index (χ3v) is 4.42. The van der Waals surface area contributed by atoms with E-state index in [0.717, 1.165) is 25.9 Å². The molecule has 17 heavy (non-hydrogen) atoms. The molecule has 3 rings (SSSR count). The summed E-state index contributed by atoms with van der Waals surface area (Å²) in [6.07, 6.45) is -1.57. The molecule has 0 radical (unpaired) electrons. The molecule has 1 saturated carbocycles. The molecular formula is C10H12F3N3S. The van der Waals surface area contributed by atoms with Crippen molar-refractivity contribution in [3.63, 3.8) is 0 Å². The van der Waals surface area contributed by atoms with Gasteiger partial charge in [0.05, 0.1) is 0 Å². The number of alkyl halides is 3. The van der Waals surface area contributed by atoms with Crippen molar-refractivity contribution < 1.29 is 13.2 Å². The first kappa shape index (κ1) is 11.4. The molecule has 2 aliphatic rings. The van der Waals surface area contributed by atoms with Gasteiger partial charge in [-0.2, -0.15) is 17.5 Å². The molecule has 0 unspecified atom stereocenters. The second-order valence-electron chi connectivity index (χ2n) is 5.10. The Morgan fingerprint density at radius 3 is 2.53 bits per heavy atom. The zero-order chi connectivity index (χ0) is 12.1. The third kappa shape index (κ3) is 2.06. The summed E-state index contributed by atoms with van der Waals surface area (Å²) >= 11 is 0.454. The smallest absolute Gasteiger partial charge is 0.316 e. The Kier molecular flexibility index (Phi) is 2.45. The first-order chi connectivity index (χ1) is 7.97. The molecule has 1 aliphatic heterocycles. The minimum atomic E-state index is -4.35. The van der Waals surface area contributed by atoms with Gasteiger partial charge in [0.15, 0.2) is 0 Å². The van der Waals surface area contributed by atoms with Crippen LogP contribution in [-0.4, -0.2) is 22.4 Å². The molecule has 0 aromatic carbocycles. The quantitative estimate of drug-likeness (QED) is 0.888. The Balaban J connectivity index is 1.57. The van der Waals surface area contributed by atoms with Crippen LogP contribution in [0.25, 0.3) is 0 Å². The summed E-state index contributed by atoms with van der Waals surface area (Å²) in [6, 6.07) is 0. The standard InChI is InChI=1S/C10H12F3N3S/c11-10(12,13)8-15-7(16-17-8)1-6-2-9(3-6)4-14-5-9/h6,14H,1-5H2. The Hall–Kier alpha value is -0.690. The zero-order valence-corrected chi connectivity index (χ0v) is 9.87. The van der Waals surface area contributed by atoms with Crippen molar-refractivity contribution in [1.82, 2.24) is 14.7 Å². The van der Waals surface area contributed by atoms with E-state index in [1.165, 1.54) is 0 Å². The van der Waals surface area contributed by atoms with Crippen LogP contribution in [0, 0.1) is 11.3 Å². The lowest BCUT2D eigenvalue weighted by Gasteiger charge is -2.54. The number of hydrogen-bond acceptors (Lipinski definition) is 4. The highest BCUT2D eigenvalue weighted by Crippen LogP contribution is 2.49. The number of rotatable bonds is 2. The molecule has 94 valence electrons. The normalized spacial score (nSPS) is 23.5. The molecule has 1 N–H and O–H groups in total. The second kappa shape index (κ2) is 3.65. The van der Waals surface area contributed by atoms with Gasteiger partial charge in [-0.05, 0) is 35.7 Å². The van der Waals surface area contributed by atoms with Gasteiger partial charge in [-0.15, -0.1) is 0 Å². The van der Waals surface area contributed by atoms with Gasteiger partial charge in [0.1, 0.15) is 5.82 Å². The predicted molar refractivity (Wildman–Crippen MR) is 56.6 cm³/mol. The van der Waals surface area contributed by atoms with Gasteiger partial charge in [0.25, 0.3) is 0 Å². The number of hydrogen-bond donors (Lipinski definition) is 1. The zero-order valence-electron chi connectivity index (χ0n) is 9.05. The summed E-state index contributed by atoms with van der Waals surface area (Å²) < 4.78 is 40.8. The van der Waals surface area contributed by atoms with Crippen molar-refractivity contribution in [3.05, 3.63) is 10.8 Å². The number of nitrogens with zero attached hydrogens (tertiary/aromatic N) is 2. The maximum absolute atomic E-state index is 12.3. The first-order valence-corrected chi connectivity index (χ1v) is 6.35. The van der Waals surface area contributed by atoms with Crippen molar-refractivity contribution in [2.75, 3.05) is 13.1 Å². The maximum Gasteiger partial charge on any atom is 0.444 e. The molecule has 2 fully saturated rings. The maximum atomic E-state index is 12.3. The molecule has 2 heterocycles. The van der Waals surface area contributed by atoms with Gasteiger partial charge in [0.2, 0.25) is 5.01 Å². The highest BCUT2D eigenvalue weighted by molar-refractivity contribution is 7.05. The van der Waals surface area contributed by atoms with E-state index in [-0.39, 0.29) is 0 Å². The molecular weight excluding hydrogens is 251 g/mol. The van der Waals surface area contributed by atoms with Gasteiger partial charge in [-0.25, -0.2) is 4.98 Å². The van der Waals surface area contributed by atoms with Crippen LogP contribution in [0.2, 0.25) is 0 Å². The molecule has 1 spiro atoms. The number of halogens is 3. The largest absolute Gasteiger partial charge is 0.444 e. The van der Waals surface area contributed by atoms with Crippen LogP contribution in [0.4, 0.5) is 13.2 Å². The summed E-state index contributed by atoms with van der Waals surface area (Å²) in [6.45, 7) is 2.11. The van der Waals surface area contributed by atoms with Crippen LogP contribution in [-0.2, 0) is 12.6 Å². The van der Waals surface area contributed by atoms with Gasteiger partial charge < -0.3 is 5.32 Å². The van der Waals surface area contributed by atoms with Gasteiger partial charge in [-0.1, -0.05) is 0 Å². The van der Waals surface area contributed by atoms with E-state index in [4.69, 9.17) is 0 Å². The van der Waals surface area contributed by atoms with Crippen LogP contribution in [0.15, 0.2) is 0 Å². The molecule has 0 bridgehead atoms. The molecule has 1 aromatic rings. The molecule has 1 aromatic heterocycles. The van der Waals surface area contributed by atoms with Crippen LogP contribution in [0.1, 0.15) is 23.7 Å². The minimum absolute atomic E-state index is 0.356. The summed E-state index contributed by atoms with van der Waals surface area (Å²) in [7, 11) is 0. The van der Waals surface area contributed by atoms with Crippen LogP contribution in [0.3, 0.4) is 0 Å². The van der Waals surface area contributed by atoms with Gasteiger partial charge in [-0.3, -0.25) is 0 Å². The fraction of sp³-hybridized carbons (Fsp3) is 0.800. The molecule has 7 heteroatoms. The predicted octanol–water partition coefficient (Wildman–Crippen LogP) is 2.10. The number of nitrogens with one attached hydrogen (secondary N) is 1. The van der Waals surface area contributed by atoms with Crippen LogP contribution >= 0.6 is 11.5 Å². The van der Waals surface area contributed by atoms with Crippen molar-refractivity contribution in [3.8, 4) is 0 Å². The summed E-state index contributed by atoms with van der Waals surface area (Å²) in [5, 5.41) is 2.41. The number of aromatic nitrogens is 2. The summed E-state index contributed by atoms with van der Waals surface area (Å²) in [5.41, 5.74) is 0.452. The topological polar surface area (TPSA) is 37.8 Å². The van der Waals surface area contributed by atoms with Crippen molar-refractivity contribution >= 4 is 11.5 Å². The molecule has 0 atom stereocenters. The monoisotopic (exact) mass is 263 g/mol. The fourth-order valence-corrected chi connectivity index (χ4v) is 3.34. The third-order valence-electron chi connectivity index (χ3n) is 3.63.